The van der Waals surface area contributed by atoms with E-state index in [0.717, 1.165) is 44.7 Å². The lowest BCUT2D eigenvalue weighted by molar-refractivity contribution is 0.244. The second-order valence-corrected chi connectivity index (χ2v) is 4.30. The smallest absolute Gasteiger partial charge is 0.115 e. The van der Waals surface area contributed by atoms with Gasteiger partial charge < -0.3 is 10.2 Å². The van der Waals surface area contributed by atoms with E-state index in [1.54, 1.807) is 0 Å². The number of nitrogens with one attached hydrogen (secondary N) is 1. The van der Waals surface area contributed by atoms with Crippen LogP contribution in [0.25, 0.3) is 0 Å². The predicted octanol–water partition coefficient (Wildman–Crippen LogP) is 1.60. The molecule has 0 unspecified atom stereocenters. The van der Waals surface area contributed by atoms with Crippen LogP contribution in [0.4, 0.5) is 4.39 Å². The summed E-state index contributed by atoms with van der Waals surface area (Å²) in [6, 6.07) is 7.85. The normalized spacial score (nSPS) is 17.6. The van der Waals surface area contributed by atoms with E-state index in [-0.39, 0.29) is 6.67 Å². The molecule has 0 bridgehead atoms. The van der Waals surface area contributed by atoms with Crippen molar-refractivity contribution in [3.05, 3.63) is 35.4 Å². The summed E-state index contributed by atoms with van der Waals surface area (Å²) in [5.74, 6) is 0. The third-order valence-electron chi connectivity index (χ3n) is 3.07. The van der Waals surface area contributed by atoms with Gasteiger partial charge in [-0.1, -0.05) is 24.3 Å². The molecule has 1 N–H and O–H groups in total. The first-order valence-electron chi connectivity index (χ1n) is 5.95. The Labute approximate surface area is 96.5 Å². The molecule has 1 saturated heterocycles. The molecule has 1 aromatic rings. The summed E-state index contributed by atoms with van der Waals surface area (Å²) in [5, 5.41) is 3.34. The van der Waals surface area contributed by atoms with Crippen molar-refractivity contribution in [3.8, 4) is 0 Å². The Hall–Kier alpha value is -0.930. The van der Waals surface area contributed by atoms with Crippen molar-refractivity contribution in [1.29, 1.82) is 0 Å². The van der Waals surface area contributed by atoms with Crippen LogP contribution in [0, 0.1) is 0 Å². The first-order valence-corrected chi connectivity index (χ1v) is 5.95. The largest absolute Gasteiger partial charge is 0.314 e. The van der Waals surface area contributed by atoms with E-state index in [4.69, 9.17) is 0 Å². The SMILES string of the molecule is FCc1cccc(CCN2CCNCC2)c1. The summed E-state index contributed by atoms with van der Waals surface area (Å²) in [4.78, 5) is 2.46. The molecule has 1 aliphatic rings. The third-order valence-corrected chi connectivity index (χ3v) is 3.07. The fraction of sp³-hybridized carbons (Fsp3) is 0.538. The van der Waals surface area contributed by atoms with Crippen LogP contribution >= 0.6 is 0 Å². The maximum atomic E-state index is 12.5. The molecule has 1 heterocycles. The van der Waals surface area contributed by atoms with Crippen LogP contribution in [0.5, 0.6) is 0 Å². The van der Waals surface area contributed by atoms with Crippen molar-refractivity contribution in [3.63, 3.8) is 0 Å². The average molecular weight is 222 g/mol. The molecular weight excluding hydrogens is 203 g/mol. The Bertz CT molecular complexity index is 321. The summed E-state index contributed by atoms with van der Waals surface area (Å²) in [5.41, 5.74) is 2.03. The van der Waals surface area contributed by atoms with Gasteiger partial charge in [-0.25, -0.2) is 4.39 Å². The van der Waals surface area contributed by atoms with Gasteiger partial charge >= 0.3 is 0 Å². The number of halogens is 1. The van der Waals surface area contributed by atoms with Gasteiger partial charge in [0.25, 0.3) is 0 Å². The highest BCUT2D eigenvalue weighted by Crippen LogP contribution is 2.08. The lowest BCUT2D eigenvalue weighted by Gasteiger charge is -2.27. The first-order chi connectivity index (χ1) is 7.88. The molecule has 1 aromatic carbocycles. The molecule has 0 aliphatic carbocycles. The van der Waals surface area contributed by atoms with Crippen LogP contribution in [0.3, 0.4) is 0 Å². The summed E-state index contributed by atoms with van der Waals surface area (Å²) < 4.78 is 12.5. The molecule has 0 atom stereocenters. The van der Waals surface area contributed by atoms with Crippen molar-refractivity contribution in [2.75, 3.05) is 32.7 Å². The van der Waals surface area contributed by atoms with Crippen LogP contribution < -0.4 is 5.32 Å². The Morgan fingerprint density at radius 2 is 1.94 bits per heavy atom. The number of hydrogen-bond donors (Lipinski definition) is 1. The molecule has 0 aromatic heterocycles. The molecule has 0 spiro atoms. The molecule has 2 rings (SSSR count). The van der Waals surface area contributed by atoms with Crippen molar-refractivity contribution in [2.45, 2.75) is 13.1 Å². The molecule has 3 heteroatoms. The first kappa shape index (κ1) is 11.6. The lowest BCUT2D eigenvalue weighted by Crippen LogP contribution is -2.44. The minimum Gasteiger partial charge on any atom is -0.314 e. The van der Waals surface area contributed by atoms with Crippen molar-refractivity contribution in [2.24, 2.45) is 0 Å². The summed E-state index contributed by atoms with van der Waals surface area (Å²) in [6.07, 6.45) is 1.02. The Morgan fingerprint density at radius 3 is 2.69 bits per heavy atom. The fourth-order valence-electron chi connectivity index (χ4n) is 2.09. The summed E-state index contributed by atoms with van der Waals surface area (Å²) >= 11 is 0. The molecule has 16 heavy (non-hydrogen) atoms. The van der Waals surface area contributed by atoms with Crippen molar-refractivity contribution >= 4 is 0 Å². The number of hydrogen-bond acceptors (Lipinski definition) is 2. The van der Waals surface area contributed by atoms with Gasteiger partial charge in [0.05, 0.1) is 0 Å². The Balaban J connectivity index is 1.83. The van der Waals surface area contributed by atoms with E-state index < -0.39 is 0 Å². The van der Waals surface area contributed by atoms with E-state index in [2.05, 4.69) is 16.3 Å². The van der Waals surface area contributed by atoms with Crippen molar-refractivity contribution < 1.29 is 4.39 Å². The molecule has 0 radical (unpaired) electrons. The number of nitrogens with zero attached hydrogens (tertiary/aromatic N) is 1. The number of piperazine rings is 1. The lowest BCUT2D eigenvalue weighted by atomic mass is 10.1. The Morgan fingerprint density at radius 1 is 1.19 bits per heavy atom. The van der Waals surface area contributed by atoms with Crippen LogP contribution in [0.1, 0.15) is 11.1 Å². The highest BCUT2D eigenvalue weighted by atomic mass is 19.1. The maximum Gasteiger partial charge on any atom is 0.115 e. The Kier molecular flexibility index (Phi) is 4.31. The van der Waals surface area contributed by atoms with Crippen LogP contribution in [-0.2, 0) is 13.1 Å². The molecule has 0 saturated carbocycles. The average Bonchev–Trinajstić information content (AvgIpc) is 2.38. The van der Waals surface area contributed by atoms with Crippen molar-refractivity contribution in [1.82, 2.24) is 10.2 Å². The monoisotopic (exact) mass is 222 g/mol. The van der Waals surface area contributed by atoms with E-state index >= 15 is 0 Å². The zero-order valence-corrected chi connectivity index (χ0v) is 9.58. The zero-order chi connectivity index (χ0) is 11.2. The number of rotatable bonds is 4. The van der Waals surface area contributed by atoms with E-state index in [9.17, 15) is 4.39 Å². The second-order valence-electron chi connectivity index (χ2n) is 4.30. The standard InChI is InChI=1S/C13H19FN2/c14-11-13-3-1-2-12(10-13)4-7-16-8-5-15-6-9-16/h1-3,10,15H,4-9,11H2. The van der Waals surface area contributed by atoms with Gasteiger partial charge in [0.2, 0.25) is 0 Å². The zero-order valence-electron chi connectivity index (χ0n) is 9.58. The second kappa shape index (κ2) is 5.97. The van der Waals surface area contributed by atoms with E-state index in [1.807, 2.05) is 18.2 Å². The maximum absolute atomic E-state index is 12.5. The van der Waals surface area contributed by atoms with E-state index in [0.29, 0.717) is 0 Å². The molecule has 2 nitrogen and oxygen atoms in total. The van der Waals surface area contributed by atoms with E-state index in [1.165, 1.54) is 5.56 Å². The number of benzene rings is 1. The predicted molar refractivity (Wildman–Crippen MR) is 64.3 cm³/mol. The molecule has 1 aliphatic heterocycles. The molecule has 0 amide bonds. The molecule has 88 valence electrons. The van der Waals surface area contributed by atoms with Crippen LogP contribution in [0.2, 0.25) is 0 Å². The van der Waals surface area contributed by atoms with Gasteiger partial charge in [0, 0.05) is 32.7 Å². The van der Waals surface area contributed by atoms with Gasteiger partial charge in [0.15, 0.2) is 0 Å². The summed E-state index contributed by atoms with van der Waals surface area (Å²) in [7, 11) is 0. The van der Waals surface area contributed by atoms with Crippen LogP contribution in [-0.4, -0.2) is 37.6 Å². The topological polar surface area (TPSA) is 15.3 Å². The fourth-order valence-corrected chi connectivity index (χ4v) is 2.09. The number of alkyl halides is 1. The highest BCUT2D eigenvalue weighted by molar-refractivity contribution is 5.23. The molecule has 1 fully saturated rings. The minimum absolute atomic E-state index is 0.360. The summed E-state index contributed by atoms with van der Waals surface area (Å²) in [6.45, 7) is 5.15. The van der Waals surface area contributed by atoms with Gasteiger partial charge in [0.1, 0.15) is 6.67 Å². The van der Waals surface area contributed by atoms with Gasteiger partial charge in [-0.15, -0.1) is 0 Å². The quantitative estimate of drug-likeness (QED) is 0.832. The van der Waals surface area contributed by atoms with Gasteiger partial charge in [-0.2, -0.15) is 0 Å². The highest BCUT2D eigenvalue weighted by Gasteiger charge is 2.08. The molecular formula is C13H19FN2. The third kappa shape index (κ3) is 3.29. The minimum atomic E-state index is -0.360. The van der Waals surface area contributed by atoms with Gasteiger partial charge in [-0.05, 0) is 17.5 Å². The van der Waals surface area contributed by atoms with Gasteiger partial charge in [-0.3, -0.25) is 0 Å². The van der Waals surface area contributed by atoms with Crippen LogP contribution in [0.15, 0.2) is 24.3 Å².